The molecular formula is C48H52BrN5O4. The number of anilines is 1. The van der Waals surface area contributed by atoms with Crippen molar-refractivity contribution in [1.29, 1.82) is 0 Å². The molecule has 2 fully saturated rings. The third kappa shape index (κ3) is 9.34. The molecule has 1 saturated carbocycles. The molecule has 0 bridgehead atoms. The lowest BCUT2D eigenvalue weighted by molar-refractivity contribution is -0.131. The van der Waals surface area contributed by atoms with Gasteiger partial charge in [0.15, 0.2) is 0 Å². The van der Waals surface area contributed by atoms with Gasteiger partial charge in [0.05, 0.1) is 22.9 Å². The van der Waals surface area contributed by atoms with Crippen LogP contribution >= 0.6 is 15.9 Å². The molecule has 3 heterocycles. The Bertz CT molecular complexity index is 2300. The van der Waals surface area contributed by atoms with Gasteiger partial charge < -0.3 is 24.0 Å². The molecule has 2 aromatic heterocycles. The number of pyridine rings is 1. The molecule has 300 valence electrons. The number of halogens is 1. The maximum atomic E-state index is 13.4. The van der Waals surface area contributed by atoms with Gasteiger partial charge in [0.2, 0.25) is 17.7 Å². The summed E-state index contributed by atoms with van der Waals surface area (Å²) in [5.41, 5.74) is 7.04. The maximum Gasteiger partial charge on any atom is 0.226 e. The Morgan fingerprint density at radius 3 is 2.19 bits per heavy atom. The first-order chi connectivity index (χ1) is 28.4. The molecule has 1 aliphatic heterocycles. The number of aryl methyl sites for hydroxylation is 1. The predicted octanol–water partition coefficient (Wildman–Crippen LogP) is 10.3. The minimum absolute atomic E-state index is 0.273. The van der Waals surface area contributed by atoms with Gasteiger partial charge in [0.25, 0.3) is 0 Å². The quantitative estimate of drug-likeness (QED) is 0.108. The highest BCUT2D eigenvalue weighted by Gasteiger charge is 2.27. The molecule has 10 heteroatoms. The van der Waals surface area contributed by atoms with Crippen LogP contribution in [-0.4, -0.2) is 57.9 Å². The number of fused-ring (bicyclic) bond motifs is 1. The van der Waals surface area contributed by atoms with E-state index in [0.29, 0.717) is 50.4 Å². The second-order valence-electron chi connectivity index (χ2n) is 15.6. The van der Waals surface area contributed by atoms with Gasteiger partial charge in [0.1, 0.15) is 24.7 Å². The summed E-state index contributed by atoms with van der Waals surface area (Å²) in [6.45, 7) is 5.84. The molecule has 0 spiro atoms. The van der Waals surface area contributed by atoms with Crippen molar-refractivity contribution in [2.24, 2.45) is 13.0 Å². The Morgan fingerprint density at radius 1 is 0.776 bits per heavy atom. The molecule has 8 rings (SSSR count). The third-order valence-electron chi connectivity index (χ3n) is 11.7. The smallest absolute Gasteiger partial charge is 0.226 e. The second kappa shape index (κ2) is 18.5. The minimum Gasteiger partial charge on any atom is -0.490 e. The van der Waals surface area contributed by atoms with Crippen molar-refractivity contribution < 1.29 is 19.0 Å². The van der Waals surface area contributed by atoms with Crippen LogP contribution in [0.5, 0.6) is 17.5 Å². The van der Waals surface area contributed by atoms with Gasteiger partial charge in [-0.2, -0.15) is 10.1 Å². The van der Waals surface area contributed by atoms with Gasteiger partial charge in [-0.1, -0.05) is 94.8 Å². The molecule has 58 heavy (non-hydrogen) atoms. The number of aromatic nitrogens is 3. The standard InChI is InChI=1S/C48H52BrN5O4/c1-34-41(49)18-11-20-43(34)58-38-24-22-35(23-25-38)16-9-21-45(55)54-30-28-53(29-31-54)42-19-10-17-39-46(51-52(2)47(39)42)40-26-27-44(56-32-36-12-5-3-6-13-36)50-48(40)57-33-37-14-7-4-8-15-37/h3-8,10-15,17-20,26-27,35,38H,9,16,21-25,28-33H2,1-2H3/t35-,38-. The van der Waals surface area contributed by atoms with Gasteiger partial charge in [-0.15, -0.1) is 0 Å². The largest absolute Gasteiger partial charge is 0.490 e. The molecule has 1 saturated heterocycles. The number of para-hydroxylation sites is 1. The third-order valence-corrected chi connectivity index (χ3v) is 12.5. The van der Waals surface area contributed by atoms with Crippen LogP contribution in [0.2, 0.25) is 0 Å². The fourth-order valence-electron chi connectivity index (χ4n) is 8.35. The van der Waals surface area contributed by atoms with E-state index in [1.807, 2.05) is 90.6 Å². The topological polar surface area (TPSA) is 82.0 Å². The number of amides is 1. The molecule has 6 aromatic rings. The van der Waals surface area contributed by atoms with Crippen LogP contribution in [0.4, 0.5) is 5.69 Å². The highest BCUT2D eigenvalue weighted by Crippen LogP contribution is 2.39. The Balaban J connectivity index is 0.884. The van der Waals surface area contributed by atoms with Gasteiger partial charge in [-0.05, 0) is 86.8 Å². The Hall–Kier alpha value is -5.35. The van der Waals surface area contributed by atoms with E-state index < -0.39 is 0 Å². The van der Waals surface area contributed by atoms with E-state index in [2.05, 4.69) is 63.0 Å². The van der Waals surface area contributed by atoms with Crippen LogP contribution < -0.4 is 19.1 Å². The summed E-state index contributed by atoms with van der Waals surface area (Å²) in [5.74, 6) is 2.89. The molecule has 0 N–H and O–H groups in total. The molecule has 4 aromatic carbocycles. The van der Waals surface area contributed by atoms with E-state index in [1.165, 1.54) is 12.8 Å². The van der Waals surface area contributed by atoms with E-state index in [1.54, 1.807) is 0 Å². The van der Waals surface area contributed by atoms with Crippen LogP contribution in [0.15, 0.2) is 114 Å². The highest BCUT2D eigenvalue weighted by molar-refractivity contribution is 9.10. The number of hydrogen-bond acceptors (Lipinski definition) is 7. The van der Waals surface area contributed by atoms with Crippen molar-refractivity contribution in [2.45, 2.75) is 71.2 Å². The number of piperazine rings is 1. The number of rotatable bonds is 14. The van der Waals surface area contributed by atoms with Gasteiger partial charge in [0, 0.05) is 61.1 Å². The van der Waals surface area contributed by atoms with Crippen molar-refractivity contribution in [1.82, 2.24) is 19.7 Å². The number of benzene rings is 4. The van der Waals surface area contributed by atoms with Crippen LogP contribution in [0.25, 0.3) is 22.2 Å². The van der Waals surface area contributed by atoms with Crippen LogP contribution in [0.1, 0.15) is 61.6 Å². The Labute approximate surface area is 350 Å². The summed E-state index contributed by atoms with van der Waals surface area (Å²) < 4.78 is 21.9. The first kappa shape index (κ1) is 39.5. The maximum absolute atomic E-state index is 13.4. The van der Waals surface area contributed by atoms with Crippen LogP contribution in [-0.2, 0) is 25.1 Å². The minimum atomic E-state index is 0.273. The zero-order valence-electron chi connectivity index (χ0n) is 33.5. The van der Waals surface area contributed by atoms with Crippen molar-refractivity contribution in [3.05, 3.63) is 130 Å². The lowest BCUT2D eigenvalue weighted by Crippen LogP contribution is -2.48. The number of nitrogens with zero attached hydrogens (tertiary/aromatic N) is 5. The summed E-state index contributed by atoms with van der Waals surface area (Å²) in [4.78, 5) is 22.7. The first-order valence-electron chi connectivity index (χ1n) is 20.6. The molecule has 1 aliphatic carbocycles. The van der Waals surface area contributed by atoms with E-state index >= 15 is 0 Å². The van der Waals surface area contributed by atoms with Crippen molar-refractivity contribution in [3.8, 4) is 28.8 Å². The number of hydrogen-bond donors (Lipinski definition) is 0. The van der Waals surface area contributed by atoms with E-state index in [9.17, 15) is 4.79 Å². The molecule has 0 radical (unpaired) electrons. The van der Waals surface area contributed by atoms with Gasteiger partial charge in [-0.25, -0.2) is 0 Å². The highest BCUT2D eigenvalue weighted by atomic mass is 79.9. The average Bonchev–Trinajstić information content (AvgIpc) is 3.61. The van der Waals surface area contributed by atoms with Gasteiger partial charge in [-0.3, -0.25) is 9.48 Å². The molecule has 0 unspecified atom stereocenters. The zero-order chi connectivity index (χ0) is 39.8. The molecular weight excluding hydrogens is 790 g/mol. The number of carbonyl (C=O) groups is 1. The normalized spacial score (nSPS) is 17.0. The summed E-state index contributed by atoms with van der Waals surface area (Å²) in [5, 5.41) is 6.08. The van der Waals surface area contributed by atoms with E-state index in [0.717, 1.165) is 93.5 Å². The monoisotopic (exact) mass is 841 g/mol. The van der Waals surface area contributed by atoms with E-state index in [4.69, 9.17) is 24.3 Å². The van der Waals surface area contributed by atoms with E-state index in [-0.39, 0.29) is 12.0 Å². The molecule has 2 aliphatic rings. The Morgan fingerprint density at radius 2 is 1.47 bits per heavy atom. The fraction of sp³-hybridized carbons (Fsp3) is 0.354. The van der Waals surface area contributed by atoms with Crippen molar-refractivity contribution in [2.75, 3.05) is 31.1 Å². The van der Waals surface area contributed by atoms with Gasteiger partial charge >= 0.3 is 0 Å². The summed E-state index contributed by atoms with van der Waals surface area (Å²) in [6, 6.07) is 36.6. The summed E-state index contributed by atoms with van der Waals surface area (Å²) in [7, 11) is 1.99. The Kier molecular flexibility index (Phi) is 12.6. The SMILES string of the molecule is Cc1c(Br)cccc1O[C@H]1CC[C@H](CCCC(=O)N2CCN(c3cccc4c(-c5ccc(OCc6ccccc6)nc5OCc5ccccc5)nn(C)c34)CC2)CC1. The van der Waals surface area contributed by atoms with Crippen LogP contribution in [0, 0.1) is 12.8 Å². The molecule has 0 atom stereocenters. The van der Waals surface area contributed by atoms with Crippen molar-refractivity contribution in [3.63, 3.8) is 0 Å². The molecule has 1 amide bonds. The lowest BCUT2D eigenvalue weighted by Gasteiger charge is -2.36. The van der Waals surface area contributed by atoms with Crippen molar-refractivity contribution >= 4 is 38.4 Å². The fourth-order valence-corrected chi connectivity index (χ4v) is 8.70. The lowest BCUT2D eigenvalue weighted by atomic mass is 9.84. The average molecular weight is 843 g/mol. The summed E-state index contributed by atoms with van der Waals surface area (Å²) in [6.07, 6.45) is 7.43. The van der Waals surface area contributed by atoms with Crippen LogP contribution in [0.3, 0.4) is 0 Å². The first-order valence-corrected chi connectivity index (χ1v) is 21.4. The summed E-state index contributed by atoms with van der Waals surface area (Å²) >= 11 is 3.62. The predicted molar refractivity (Wildman–Crippen MR) is 233 cm³/mol. The molecule has 9 nitrogen and oxygen atoms in total. The number of carbonyl (C=O) groups excluding carboxylic acids is 1. The second-order valence-corrected chi connectivity index (χ2v) is 16.4. The zero-order valence-corrected chi connectivity index (χ0v) is 35.1. The number of ether oxygens (including phenoxy) is 3.